The molecule has 2 aliphatic heterocycles. The van der Waals surface area contributed by atoms with Crippen LogP contribution in [0, 0.1) is 18.3 Å². The number of nitrogens with zero attached hydrogens (tertiary/aromatic N) is 5. The number of likely N-dealkylation sites (tertiary alicyclic amines) is 1. The van der Waals surface area contributed by atoms with Crippen molar-refractivity contribution in [1.29, 1.82) is 0 Å². The fourth-order valence-corrected chi connectivity index (χ4v) is 5.11. The van der Waals surface area contributed by atoms with E-state index < -0.39 is 0 Å². The molecule has 0 saturated carbocycles. The summed E-state index contributed by atoms with van der Waals surface area (Å²) in [6.07, 6.45) is 5.83. The maximum Gasteiger partial charge on any atom is 0.225 e. The van der Waals surface area contributed by atoms with E-state index in [1.165, 1.54) is 4.88 Å². The standard InChI is InChI=1S/C18H25N5OS/c1-14-16(25-13-21-14)10-22-7-3-18(4-8-22)12-23(9-15(18)11-24)17-19-5-2-6-20-17/h2,5-6,13,15,24H,3-4,7-12H2,1H3. The van der Waals surface area contributed by atoms with Gasteiger partial charge in [0.2, 0.25) is 5.95 Å². The Balaban J connectivity index is 1.43. The fourth-order valence-electron chi connectivity index (χ4n) is 4.30. The summed E-state index contributed by atoms with van der Waals surface area (Å²) >= 11 is 1.75. The van der Waals surface area contributed by atoms with E-state index in [9.17, 15) is 5.11 Å². The second-order valence-corrected chi connectivity index (χ2v) is 8.25. The molecule has 1 atom stereocenters. The summed E-state index contributed by atoms with van der Waals surface area (Å²) in [5.74, 6) is 1.10. The molecule has 2 saturated heterocycles. The highest BCUT2D eigenvalue weighted by molar-refractivity contribution is 7.09. The molecule has 1 unspecified atom stereocenters. The molecule has 2 aromatic rings. The number of rotatable bonds is 4. The number of anilines is 1. The molecule has 2 fully saturated rings. The van der Waals surface area contributed by atoms with Crippen LogP contribution in [-0.4, -0.2) is 57.7 Å². The molecule has 0 amide bonds. The number of aliphatic hydroxyl groups excluding tert-OH is 1. The molecular formula is C18H25N5OS. The third-order valence-corrected chi connectivity index (χ3v) is 6.85. The molecule has 7 heteroatoms. The van der Waals surface area contributed by atoms with Gasteiger partial charge in [0.1, 0.15) is 0 Å². The highest BCUT2D eigenvalue weighted by Gasteiger charge is 2.48. The van der Waals surface area contributed by atoms with Crippen molar-refractivity contribution < 1.29 is 5.11 Å². The zero-order valence-corrected chi connectivity index (χ0v) is 15.5. The second-order valence-electron chi connectivity index (χ2n) is 7.31. The Kier molecular flexibility index (Phi) is 4.71. The SMILES string of the molecule is Cc1ncsc1CN1CCC2(CC1)CN(c1ncccn1)CC2CO. The molecule has 1 N–H and O–H groups in total. The first-order valence-corrected chi connectivity index (χ1v) is 9.82. The number of thiazole rings is 1. The molecule has 25 heavy (non-hydrogen) atoms. The Labute approximate surface area is 152 Å². The van der Waals surface area contributed by atoms with Gasteiger partial charge in [-0.15, -0.1) is 11.3 Å². The Morgan fingerprint density at radius 2 is 2.00 bits per heavy atom. The number of aromatic nitrogens is 3. The number of piperidine rings is 1. The maximum atomic E-state index is 9.97. The van der Waals surface area contributed by atoms with Gasteiger partial charge in [-0.25, -0.2) is 15.0 Å². The molecule has 4 heterocycles. The molecule has 0 bridgehead atoms. The summed E-state index contributed by atoms with van der Waals surface area (Å²) in [6.45, 7) is 7.31. The lowest BCUT2D eigenvalue weighted by Gasteiger charge is -2.42. The van der Waals surface area contributed by atoms with E-state index in [2.05, 4.69) is 31.7 Å². The predicted octanol–water partition coefficient (Wildman–Crippen LogP) is 1.95. The van der Waals surface area contributed by atoms with Gasteiger partial charge in [0.05, 0.1) is 11.2 Å². The van der Waals surface area contributed by atoms with Crippen LogP contribution in [0.15, 0.2) is 24.0 Å². The summed E-state index contributed by atoms with van der Waals surface area (Å²) in [4.78, 5) is 19.3. The van der Waals surface area contributed by atoms with Crippen molar-refractivity contribution in [2.75, 3.05) is 37.7 Å². The van der Waals surface area contributed by atoms with Gasteiger partial charge >= 0.3 is 0 Å². The molecule has 2 aromatic heterocycles. The summed E-state index contributed by atoms with van der Waals surface area (Å²) in [5.41, 5.74) is 3.28. The summed E-state index contributed by atoms with van der Waals surface area (Å²) in [7, 11) is 0. The van der Waals surface area contributed by atoms with E-state index in [4.69, 9.17) is 0 Å². The second kappa shape index (κ2) is 6.97. The third-order valence-electron chi connectivity index (χ3n) is 5.93. The van der Waals surface area contributed by atoms with Crippen LogP contribution in [0.1, 0.15) is 23.4 Å². The first kappa shape index (κ1) is 16.9. The minimum absolute atomic E-state index is 0.188. The minimum atomic E-state index is 0.188. The van der Waals surface area contributed by atoms with E-state index in [0.717, 1.165) is 57.2 Å². The van der Waals surface area contributed by atoms with Crippen LogP contribution in [0.2, 0.25) is 0 Å². The molecule has 134 valence electrons. The Hall–Kier alpha value is -1.57. The largest absolute Gasteiger partial charge is 0.396 e. The first-order valence-electron chi connectivity index (χ1n) is 8.94. The van der Waals surface area contributed by atoms with Gasteiger partial charge in [0, 0.05) is 49.4 Å². The highest BCUT2D eigenvalue weighted by atomic mass is 32.1. The normalized spacial score (nSPS) is 23.4. The van der Waals surface area contributed by atoms with Gasteiger partial charge in [0.15, 0.2) is 0 Å². The van der Waals surface area contributed by atoms with Crippen LogP contribution in [0.4, 0.5) is 5.95 Å². The van der Waals surface area contributed by atoms with Crippen LogP contribution < -0.4 is 4.90 Å². The summed E-state index contributed by atoms with van der Waals surface area (Å²) in [5, 5.41) is 9.97. The van der Waals surface area contributed by atoms with Crippen LogP contribution in [0.25, 0.3) is 0 Å². The number of aryl methyl sites for hydroxylation is 1. The summed E-state index contributed by atoms with van der Waals surface area (Å²) in [6, 6.07) is 1.85. The summed E-state index contributed by atoms with van der Waals surface area (Å²) < 4.78 is 0. The molecule has 0 aliphatic carbocycles. The topological polar surface area (TPSA) is 65.4 Å². The van der Waals surface area contributed by atoms with E-state index >= 15 is 0 Å². The number of hydrogen-bond donors (Lipinski definition) is 1. The lowest BCUT2D eigenvalue weighted by Crippen LogP contribution is -2.44. The van der Waals surface area contributed by atoms with E-state index in [0.29, 0.717) is 5.92 Å². The average Bonchev–Trinajstić information content (AvgIpc) is 3.22. The Morgan fingerprint density at radius 1 is 1.24 bits per heavy atom. The van der Waals surface area contributed by atoms with Crippen molar-refractivity contribution in [2.24, 2.45) is 11.3 Å². The zero-order valence-electron chi connectivity index (χ0n) is 14.6. The van der Waals surface area contributed by atoms with Gasteiger partial charge in [-0.05, 0) is 44.3 Å². The predicted molar refractivity (Wildman–Crippen MR) is 98.6 cm³/mol. The van der Waals surface area contributed by atoms with Crippen molar-refractivity contribution in [1.82, 2.24) is 19.9 Å². The van der Waals surface area contributed by atoms with Crippen molar-refractivity contribution in [3.05, 3.63) is 34.5 Å². The maximum absolute atomic E-state index is 9.97. The van der Waals surface area contributed by atoms with Crippen LogP contribution in [0.5, 0.6) is 0 Å². The lowest BCUT2D eigenvalue weighted by molar-refractivity contribution is 0.0509. The monoisotopic (exact) mass is 359 g/mol. The number of aliphatic hydroxyl groups is 1. The lowest BCUT2D eigenvalue weighted by atomic mass is 9.71. The molecule has 2 aliphatic rings. The average molecular weight is 359 g/mol. The van der Waals surface area contributed by atoms with Crippen molar-refractivity contribution >= 4 is 17.3 Å². The highest BCUT2D eigenvalue weighted by Crippen LogP contribution is 2.45. The van der Waals surface area contributed by atoms with Crippen molar-refractivity contribution in [3.63, 3.8) is 0 Å². The smallest absolute Gasteiger partial charge is 0.225 e. The zero-order chi connectivity index (χ0) is 17.3. The van der Waals surface area contributed by atoms with Gasteiger partial charge in [-0.1, -0.05) is 0 Å². The quantitative estimate of drug-likeness (QED) is 0.900. The molecule has 1 spiro atoms. The van der Waals surface area contributed by atoms with Crippen LogP contribution >= 0.6 is 11.3 Å². The number of hydrogen-bond acceptors (Lipinski definition) is 7. The van der Waals surface area contributed by atoms with Gasteiger partial charge < -0.3 is 10.0 Å². The molecule has 0 aromatic carbocycles. The van der Waals surface area contributed by atoms with Gasteiger partial charge in [-0.2, -0.15) is 0 Å². The van der Waals surface area contributed by atoms with Crippen LogP contribution in [-0.2, 0) is 6.54 Å². The Morgan fingerprint density at radius 3 is 2.64 bits per heavy atom. The van der Waals surface area contributed by atoms with Gasteiger partial charge in [0.25, 0.3) is 0 Å². The first-order chi connectivity index (χ1) is 12.2. The molecule has 4 rings (SSSR count). The third kappa shape index (κ3) is 3.28. The Bertz CT molecular complexity index is 699. The van der Waals surface area contributed by atoms with Crippen molar-refractivity contribution in [2.45, 2.75) is 26.3 Å². The van der Waals surface area contributed by atoms with Crippen molar-refractivity contribution in [3.8, 4) is 0 Å². The molecule has 6 nitrogen and oxygen atoms in total. The van der Waals surface area contributed by atoms with E-state index in [1.807, 2.05) is 11.6 Å². The molecule has 0 radical (unpaired) electrons. The van der Waals surface area contributed by atoms with Crippen LogP contribution in [0.3, 0.4) is 0 Å². The minimum Gasteiger partial charge on any atom is -0.396 e. The molecular weight excluding hydrogens is 334 g/mol. The van der Waals surface area contributed by atoms with E-state index in [1.54, 1.807) is 23.7 Å². The van der Waals surface area contributed by atoms with E-state index in [-0.39, 0.29) is 12.0 Å². The fraction of sp³-hybridized carbons (Fsp3) is 0.611. The van der Waals surface area contributed by atoms with Gasteiger partial charge in [-0.3, -0.25) is 4.90 Å².